The van der Waals surface area contributed by atoms with Crippen molar-refractivity contribution in [1.82, 2.24) is 5.09 Å². The number of hydrogen-bond acceptors (Lipinski definition) is 1. The highest BCUT2D eigenvalue weighted by Crippen LogP contribution is 2.28. The molecule has 4 nitrogen and oxygen atoms in total. The van der Waals surface area contributed by atoms with Crippen molar-refractivity contribution in [2.75, 3.05) is 6.54 Å². The van der Waals surface area contributed by atoms with Crippen molar-refractivity contribution < 1.29 is 4.57 Å². The molecule has 5 N–H and O–H groups in total. The van der Waals surface area contributed by atoms with Gasteiger partial charge in [0, 0.05) is 0 Å². The largest absolute Gasteiger partial charge is 0.273 e. The molecule has 0 saturated carbocycles. The van der Waals surface area contributed by atoms with Gasteiger partial charge in [0.1, 0.15) is 0 Å². The Morgan fingerprint density at radius 2 is 1.80 bits per heavy atom. The van der Waals surface area contributed by atoms with E-state index in [0.29, 0.717) is 0 Å². The fourth-order valence-electron chi connectivity index (χ4n) is 0.213. The fraction of sp³-hybridized carbons (Fsp3) is 1.00. The van der Waals surface area contributed by atoms with Crippen molar-refractivity contribution in [3.05, 3.63) is 0 Å². The topological polar surface area (TPSA) is 81.1 Å². The van der Waals surface area contributed by atoms with Crippen LogP contribution in [0.1, 0.15) is 0 Å². The van der Waals surface area contributed by atoms with Gasteiger partial charge in [0.05, 0.1) is 6.54 Å². The van der Waals surface area contributed by atoms with Crippen LogP contribution in [0.5, 0.6) is 0 Å². The van der Waals surface area contributed by atoms with Gasteiger partial charge in [0.25, 0.3) is 7.59 Å². The van der Waals surface area contributed by atoms with Crippen LogP contribution in [-0.4, -0.2) is 10.3 Å². The minimum atomic E-state index is -3.27. The maximum atomic E-state index is 10.5. The summed E-state index contributed by atoms with van der Waals surface area (Å²) in [5.74, 6) is 0. The summed E-state index contributed by atoms with van der Waals surface area (Å²) in [6, 6.07) is 0. The average Bonchev–Trinajstić information content (AvgIpc) is 1.57. The quantitative estimate of drug-likeness (QED) is 0.484. The van der Waals surface area contributed by atoms with Crippen molar-refractivity contribution in [3.8, 4) is 0 Å². The number of hydrogen-bond donors (Lipinski definition) is 3. The second-order valence-electron chi connectivity index (χ2n) is 1.66. The van der Waals surface area contributed by atoms with E-state index in [4.69, 9.17) is 45.8 Å². The second kappa shape index (κ2) is 3.59. The molecule has 0 aliphatic rings. The second-order valence-corrected chi connectivity index (χ2v) is 5.91. The Balaban J connectivity index is 3.67. The van der Waals surface area contributed by atoms with Crippen LogP contribution < -0.4 is 16.1 Å². The van der Waals surface area contributed by atoms with E-state index in [-0.39, 0.29) is 6.54 Å². The van der Waals surface area contributed by atoms with Gasteiger partial charge < -0.3 is 0 Å². The molecule has 0 heterocycles. The summed E-state index contributed by atoms with van der Waals surface area (Å²) in [5, 5.41) is 2.18. The van der Waals surface area contributed by atoms with Crippen molar-refractivity contribution in [1.29, 1.82) is 0 Å². The van der Waals surface area contributed by atoms with E-state index >= 15 is 0 Å². The zero-order chi connectivity index (χ0) is 8.41. The Hall–Kier alpha value is 0.980. The minimum absolute atomic E-state index is 0.137. The SMILES string of the molecule is NP(N)(=O)NCC(Cl)(Cl)Cl. The molecule has 0 bridgehead atoms. The summed E-state index contributed by atoms with van der Waals surface area (Å²) < 4.78 is 9.01. The summed E-state index contributed by atoms with van der Waals surface area (Å²) in [6.45, 7) is -0.137. The van der Waals surface area contributed by atoms with E-state index in [2.05, 4.69) is 5.09 Å². The molecule has 0 rings (SSSR count). The third-order valence-corrected chi connectivity index (χ3v) is 1.58. The van der Waals surface area contributed by atoms with E-state index < -0.39 is 11.4 Å². The van der Waals surface area contributed by atoms with E-state index in [1.165, 1.54) is 0 Å². The van der Waals surface area contributed by atoms with Gasteiger partial charge in [-0.15, -0.1) is 0 Å². The summed E-state index contributed by atoms with van der Waals surface area (Å²) in [7, 11) is -3.27. The summed E-state index contributed by atoms with van der Waals surface area (Å²) in [5.41, 5.74) is 9.78. The van der Waals surface area contributed by atoms with Crippen LogP contribution in [0.4, 0.5) is 0 Å². The van der Waals surface area contributed by atoms with Gasteiger partial charge in [-0.3, -0.25) is 15.6 Å². The third kappa shape index (κ3) is 8.98. The number of halogens is 3. The van der Waals surface area contributed by atoms with E-state index in [1.54, 1.807) is 0 Å². The van der Waals surface area contributed by atoms with Gasteiger partial charge >= 0.3 is 0 Å². The van der Waals surface area contributed by atoms with Crippen molar-refractivity contribution >= 4 is 42.4 Å². The molecular formula is C2H7Cl3N3OP. The van der Waals surface area contributed by atoms with Crippen LogP contribution in [0.2, 0.25) is 0 Å². The van der Waals surface area contributed by atoms with Gasteiger partial charge in [-0.2, -0.15) is 0 Å². The van der Waals surface area contributed by atoms with Crippen LogP contribution in [0.3, 0.4) is 0 Å². The highest BCUT2D eigenvalue weighted by Gasteiger charge is 2.22. The summed E-state index contributed by atoms with van der Waals surface area (Å²) >= 11 is 15.8. The average molecular weight is 226 g/mol. The Morgan fingerprint density at radius 3 is 1.90 bits per heavy atom. The Labute approximate surface area is 73.7 Å². The summed E-state index contributed by atoms with van der Waals surface area (Å²) in [4.78, 5) is 0. The molecule has 8 heteroatoms. The fourth-order valence-corrected chi connectivity index (χ4v) is 1.18. The molecule has 0 aliphatic carbocycles. The maximum Gasteiger partial charge on any atom is 0.273 e. The molecule has 0 aromatic rings. The lowest BCUT2D eigenvalue weighted by molar-refractivity contribution is 0.566. The predicted octanol–water partition coefficient (Wildman–Crippen LogP) is 0.972. The first-order chi connectivity index (χ1) is 4.21. The van der Waals surface area contributed by atoms with Gasteiger partial charge in [-0.25, -0.2) is 5.09 Å². The molecule has 62 valence electrons. The minimum Gasteiger partial charge on any atom is -0.271 e. The lowest BCUT2D eigenvalue weighted by Crippen LogP contribution is -2.30. The lowest BCUT2D eigenvalue weighted by Gasteiger charge is -2.13. The van der Waals surface area contributed by atoms with E-state index in [9.17, 15) is 4.57 Å². The van der Waals surface area contributed by atoms with Crippen LogP contribution in [0.15, 0.2) is 0 Å². The van der Waals surface area contributed by atoms with Crippen LogP contribution >= 0.6 is 42.4 Å². The van der Waals surface area contributed by atoms with Crippen LogP contribution in [-0.2, 0) is 4.57 Å². The zero-order valence-corrected chi connectivity index (χ0v) is 8.01. The molecule has 0 aromatic heterocycles. The molecule has 0 atom stereocenters. The number of alkyl halides is 3. The molecule has 0 spiro atoms. The van der Waals surface area contributed by atoms with Gasteiger partial charge in [-0.1, -0.05) is 34.8 Å². The molecule has 0 saturated heterocycles. The molecule has 0 aromatic carbocycles. The van der Waals surface area contributed by atoms with Crippen LogP contribution in [0, 0.1) is 0 Å². The third-order valence-electron chi connectivity index (χ3n) is 0.527. The predicted molar refractivity (Wildman–Crippen MR) is 44.3 cm³/mol. The normalized spacial score (nSPS) is 13.7. The van der Waals surface area contributed by atoms with Gasteiger partial charge in [0.2, 0.25) is 3.79 Å². The van der Waals surface area contributed by atoms with Crippen molar-refractivity contribution in [2.45, 2.75) is 3.79 Å². The maximum absolute atomic E-state index is 10.5. The number of nitrogens with two attached hydrogens (primary N) is 2. The van der Waals surface area contributed by atoms with Crippen molar-refractivity contribution in [2.24, 2.45) is 11.0 Å². The molecule has 0 aliphatic heterocycles. The number of rotatable bonds is 2. The van der Waals surface area contributed by atoms with Gasteiger partial charge in [-0.05, 0) is 0 Å². The molecular weight excluding hydrogens is 219 g/mol. The Bertz CT molecular complexity index is 150. The lowest BCUT2D eigenvalue weighted by atomic mass is 10.8. The Kier molecular flexibility index (Phi) is 3.94. The van der Waals surface area contributed by atoms with E-state index in [1.807, 2.05) is 0 Å². The zero-order valence-electron chi connectivity index (χ0n) is 4.85. The monoisotopic (exact) mass is 225 g/mol. The smallest absolute Gasteiger partial charge is 0.271 e. The van der Waals surface area contributed by atoms with Gasteiger partial charge in [0.15, 0.2) is 0 Å². The first kappa shape index (κ1) is 11.0. The molecule has 0 unspecified atom stereocenters. The van der Waals surface area contributed by atoms with Crippen LogP contribution in [0.25, 0.3) is 0 Å². The molecule has 0 radical (unpaired) electrons. The first-order valence-corrected chi connectivity index (χ1v) is 5.18. The molecule has 0 fully saturated rings. The van der Waals surface area contributed by atoms with E-state index in [0.717, 1.165) is 0 Å². The Morgan fingerprint density at radius 1 is 1.40 bits per heavy atom. The standard InChI is InChI=1S/C2H7Cl3N3OP/c3-2(4,5)1-8-10(6,7)9/h1H2,(H5,6,7,8,9). The highest BCUT2D eigenvalue weighted by atomic mass is 35.6. The number of nitrogens with one attached hydrogen (secondary N) is 1. The highest BCUT2D eigenvalue weighted by molar-refractivity contribution is 7.56. The first-order valence-electron chi connectivity index (χ1n) is 2.20. The van der Waals surface area contributed by atoms with Crippen molar-refractivity contribution in [3.63, 3.8) is 0 Å². The molecule has 0 amide bonds. The summed E-state index contributed by atoms with van der Waals surface area (Å²) in [6.07, 6.45) is 0. The molecule has 10 heavy (non-hydrogen) atoms.